The van der Waals surface area contributed by atoms with Crippen molar-refractivity contribution in [3.63, 3.8) is 0 Å². The van der Waals surface area contributed by atoms with Gasteiger partial charge in [0, 0.05) is 10.3 Å². The molecule has 0 aromatic carbocycles. The van der Waals surface area contributed by atoms with E-state index in [-0.39, 0.29) is 0 Å². The van der Waals surface area contributed by atoms with E-state index in [1.807, 2.05) is 11.3 Å². The molecule has 0 N–H and O–H groups in total. The molecule has 2 rings (SSSR count). The summed E-state index contributed by atoms with van der Waals surface area (Å²) in [5.74, 6) is 1.51. The Morgan fingerprint density at radius 3 is 2.78 bits per heavy atom. The summed E-state index contributed by atoms with van der Waals surface area (Å²) in [7, 11) is 0. The summed E-state index contributed by atoms with van der Waals surface area (Å²) in [6.07, 6.45) is 6.34. The summed E-state index contributed by atoms with van der Waals surface area (Å²) >= 11 is 8.50. The highest BCUT2D eigenvalue weighted by Crippen LogP contribution is 2.45. The largest absolute Gasteiger partial charge is 0.149 e. The van der Waals surface area contributed by atoms with E-state index < -0.39 is 0 Å². The summed E-state index contributed by atoms with van der Waals surface area (Å²) in [6.45, 7) is 7.16. The van der Waals surface area contributed by atoms with Gasteiger partial charge in [0.25, 0.3) is 0 Å². The Hall–Kier alpha value is -0.0100. The number of hydrogen-bond acceptors (Lipinski definition) is 1. The van der Waals surface area contributed by atoms with E-state index in [0.29, 0.717) is 16.7 Å². The average molecular weight is 285 g/mol. The lowest BCUT2D eigenvalue weighted by atomic mass is 9.67. The van der Waals surface area contributed by atoms with Crippen molar-refractivity contribution in [1.82, 2.24) is 0 Å². The molecule has 1 fully saturated rings. The molecule has 1 aliphatic carbocycles. The minimum absolute atomic E-state index is 0.372. The van der Waals surface area contributed by atoms with Gasteiger partial charge in [-0.15, -0.1) is 22.9 Å². The molecular formula is C16H25ClS. The highest BCUT2D eigenvalue weighted by atomic mass is 35.5. The van der Waals surface area contributed by atoms with Gasteiger partial charge in [-0.05, 0) is 54.4 Å². The van der Waals surface area contributed by atoms with Crippen molar-refractivity contribution in [2.24, 2.45) is 17.3 Å². The molecule has 1 aromatic rings. The SMILES string of the molecule is CC1CCC(C(C)(C)CCc2cccs2)C(Cl)C1. The maximum Gasteiger partial charge on any atom is 0.0371 e. The van der Waals surface area contributed by atoms with Crippen molar-refractivity contribution >= 4 is 22.9 Å². The van der Waals surface area contributed by atoms with Crippen LogP contribution in [-0.4, -0.2) is 5.38 Å². The summed E-state index contributed by atoms with van der Waals surface area (Å²) in [6, 6.07) is 4.40. The summed E-state index contributed by atoms with van der Waals surface area (Å²) in [5.41, 5.74) is 0.372. The number of hydrogen-bond donors (Lipinski definition) is 0. The summed E-state index contributed by atoms with van der Waals surface area (Å²) in [4.78, 5) is 1.51. The molecule has 0 saturated heterocycles. The molecule has 1 heterocycles. The van der Waals surface area contributed by atoms with E-state index in [2.05, 4.69) is 38.3 Å². The Kier molecular flexibility index (Phi) is 4.77. The Balaban J connectivity index is 1.93. The lowest BCUT2D eigenvalue weighted by Crippen LogP contribution is -2.36. The fraction of sp³-hybridized carbons (Fsp3) is 0.750. The molecule has 0 spiro atoms. The smallest absolute Gasteiger partial charge is 0.0371 e. The Bertz CT molecular complexity index is 355. The van der Waals surface area contributed by atoms with Crippen molar-refractivity contribution in [2.75, 3.05) is 0 Å². The van der Waals surface area contributed by atoms with Crippen LogP contribution in [0.25, 0.3) is 0 Å². The summed E-state index contributed by atoms with van der Waals surface area (Å²) in [5, 5.41) is 2.56. The third-order valence-corrected chi connectivity index (χ3v) is 6.05. The van der Waals surface area contributed by atoms with E-state index in [1.165, 1.54) is 37.0 Å². The molecule has 0 bridgehead atoms. The first-order valence-electron chi connectivity index (χ1n) is 7.15. The molecule has 18 heavy (non-hydrogen) atoms. The van der Waals surface area contributed by atoms with Crippen molar-refractivity contribution in [2.45, 2.75) is 58.3 Å². The first-order chi connectivity index (χ1) is 8.49. The normalized spacial score (nSPS) is 29.4. The molecule has 0 aliphatic heterocycles. The molecule has 3 unspecified atom stereocenters. The molecule has 3 atom stereocenters. The third-order valence-electron chi connectivity index (χ3n) is 4.63. The van der Waals surface area contributed by atoms with Crippen LogP contribution < -0.4 is 0 Å². The van der Waals surface area contributed by atoms with E-state index in [4.69, 9.17) is 11.6 Å². The lowest BCUT2D eigenvalue weighted by molar-refractivity contribution is 0.132. The van der Waals surface area contributed by atoms with Crippen LogP contribution in [0.15, 0.2) is 17.5 Å². The van der Waals surface area contributed by atoms with Gasteiger partial charge in [-0.3, -0.25) is 0 Å². The van der Waals surface area contributed by atoms with Crippen LogP contribution in [0.1, 0.15) is 51.3 Å². The van der Waals surface area contributed by atoms with Gasteiger partial charge in [0.15, 0.2) is 0 Å². The molecule has 2 heteroatoms. The van der Waals surface area contributed by atoms with E-state index >= 15 is 0 Å². The molecule has 1 aromatic heterocycles. The van der Waals surface area contributed by atoms with E-state index in [9.17, 15) is 0 Å². The lowest BCUT2D eigenvalue weighted by Gasteiger charge is -2.42. The maximum absolute atomic E-state index is 6.63. The molecule has 0 nitrogen and oxygen atoms in total. The number of halogens is 1. The monoisotopic (exact) mass is 284 g/mol. The predicted molar refractivity (Wildman–Crippen MR) is 82.6 cm³/mol. The second-order valence-corrected chi connectivity index (χ2v) is 8.20. The zero-order valence-corrected chi connectivity index (χ0v) is 13.4. The Labute approximate surface area is 121 Å². The predicted octanol–water partition coefficient (Wildman–Crippen LogP) is 5.75. The second kappa shape index (κ2) is 5.96. The first-order valence-corrected chi connectivity index (χ1v) is 8.47. The van der Waals surface area contributed by atoms with Crippen molar-refractivity contribution in [3.05, 3.63) is 22.4 Å². The standard InChI is InChI=1S/C16H25ClS/c1-12-6-7-14(15(17)11-12)16(2,3)9-8-13-5-4-10-18-13/h4-5,10,12,14-15H,6-9,11H2,1-3H3. The average Bonchev–Trinajstić information content (AvgIpc) is 2.78. The highest BCUT2D eigenvalue weighted by Gasteiger charge is 2.37. The number of alkyl halides is 1. The van der Waals surface area contributed by atoms with Gasteiger partial charge in [0.1, 0.15) is 0 Å². The van der Waals surface area contributed by atoms with Gasteiger partial charge in [0.05, 0.1) is 0 Å². The highest BCUT2D eigenvalue weighted by molar-refractivity contribution is 7.09. The zero-order chi connectivity index (χ0) is 13.2. The Morgan fingerprint density at radius 1 is 1.39 bits per heavy atom. The van der Waals surface area contributed by atoms with Crippen molar-refractivity contribution in [3.8, 4) is 0 Å². The quantitative estimate of drug-likeness (QED) is 0.618. The van der Waals surface area contributed by atoms with Crippen LogP contribution in [0.2, 0.25) is 0 Å². The topological polar surface area (TPSA) is 0 Å². The van der Waals surface area contributed by atoms with Gasteiger partial charge in [-0.1, -0.05) is 33.3 Å². The third kappa shape index (κ3) is 3.51. The summed E-state index contributed by atoms with van der Waals surface area (Å²) < 4.78 is 0. The maximum atomic E-state index is 6.63. The van der Waals surface area contributed by atoms with Crippen LogP contribution in [0.4, 0.5) is 0 Å². The van der Waals surface area contributed by atoms with Crippen LogP contribution in [-0.2, 0) is 6.42 Å². The molecule has 0 amide bonds. The molecule has 1 aliphatic rings. The number of aryl methyl sites for hydroxylation is 1. The zero-order valence-electron chi connectivity index (χ0n) is 11.8. The Morgan fingerprint density at radius 2 is 2.17 bits per heavy atom. The molecule has 1 saturated carbocycles. The van der Waals surface area contributed by atoms with Crippen LogP contribution in [0.3, 0.4) is 0 Å². The van der Waals surface area contributed by atoms with Gasteiger partial charge < -0.3 is 0 Å². The molecule has 0 radical (unpaired) electrons. The van der Waals surface area contributed by atoms with Gasteiger partial charge in [0.2, 0.25) is 0 Å². The van der Waals surface area contributed by atoms with E-state index in [0.717, 1.165) is 5.92 Å². The minimum Gasteiger partial charge on any atom is -0.149 e. The number of rotatable bonds is 4. The van der Waals surface area contributed by atoms with E-state index in [1.54, 1.807) is 0 Å². The minimum atomic E-state index is 0.372. The van der Waals surface area contributed by atoms with Gasteiger partial charge in [-0.25, -0.2) is 0 Å². The van der Waals surface area contributed by atoms with Crippen LogP contribution in [0, 0.1) is 17.3 Å². The van der Waals surface area contributed by atoms with Gasteiger partial charge in [-0.2, -0.15) is 0 Å². The molecule has 102 valence electrons. The van der Waals surface area contributed by atoms with Crippen molar-refractivity contribution in [1.29, 1.82) is 0 Å². The van der Waals surface area contributed by atoms with Crippen LogP contribution in [0.5, 0.6) is 0 Å². The van der Waals surface area contributed by atoms with Crippen LogP contribution >= 0.6 is 22.9 Å². The first kappa shape index (κ1) is 14.4. The van der Waals surface area contributed by atoms with Gasteiger partial charge >= 0.3 is 0 Å². The number of thiophene rings is 1. The van der Waals surface area contributed by atoms with Crippen molar-refractivity contribution < 1.29 is 0 Å². The fourth-order valence-corrected chi connectivity index (χ4v) is 4.76. The molecular weight excluding hydrogens is 260 g/mol. The second-order valence-electron chi connectivity index (χ2n) is 6.61. The fourth-order valence-electron chi connectivity index (χ4n) is 3.28.